The smallest absolute Gasteiger partial charge is 0.123 e. The van der Waals surface area contributed by atoms with Gasteiger partial charge in [0.15, 0.2) is 0 Å². The first-order valence-electron chi connectivity index (χ1n) is 8.19. The highest BCUT2D eigenvalue weighted by Crippen LogP contribution is 2.26. The van der Waals surface area contributed by atoms with Crippen LogP contribution in [0.15, 0.2) is 36.5 Å². The first-order chi connectivity index (χ1) is 11.2. The molecule has 1 fully saturated rings. The monoisotopic (exact) mass is 331 g/mol. The van der Waals surface area contributed by atoms with E-state index in [1.54, 1.807) is 11.3 Å². The average Bonchev–Trinajstić information content (AvgIpc) is 3.03. The van der Waals surface area contributed by atoms with Crippen molar-refractivity contribution < 1.29 is 4.74 Å². The molecule has 124 valence electrons. The Labute approximate surface area is 142 Å². The maximum absolute atomic E-state index is 5.89. The Morgan fingerprint density at radius 3 is 2.91 bits per heavy atom. The first kappa shape index (κ1) is 16.6. The molecule has 0 N–H and O–H groups in total. The summed E-state index contributed by atoms with van der Waals surface area (Å²) in [4.78, 5) is 10.6. The molecule has 4 nitrogen and oxygen atoms in total. The minimum atomic E-state index is 0.354. The second kappa shape index (κ2) is 8.02. The zero-order chi connectivity index (χ0) is 16.1. The minimum absolute atomic E-state index is 0.354. The van der Waals surface area contributed by atoms with Crippen LogP contribution >= 0.6 is 11.3 Å². The van der Waals surface area contributed by atoms with Crippen LogP contribution in [0.4, 0.5) is 0 Å². The lowest BCUT2D eigenvalue weighted by molar-refractivity contribution is -0.0367. The molecule has 0 amide bonds. The standard InChI is InChI=1S/C18H25N3OS/c1-20(2)9-8-16-13-21(10-11-22-16)14-17-12-19-18(23-17)15-6-4-3-5-7-15/h3-7,12,16H,8-11,13-14H2,1-2H3/t16-/m1/s1. The predicted octanol–water partition coefficient (Wildman–Crippen LogP) is 2.96. The van der Waals surface area contributed by atoms with Gasteiger partial charge in [-0.3, -0.25) is 4.90 Å². The molecule has 1 atom stereocenters. The summed E-state index contributed by atoms with van der Waals surface area (Å²) in [5.74, 6) is 0. The van der Waals surface area contributed by atoms with Gasteiger partial charge in [-0.2, -0.15) is 0 Å². The Balaban J connectivity index is 1.56. The van der Waals surface area contributed by atoms with Gasteiger partial charge in [0.25, 0.3) is 0 Å². The summed E-state index contributed by atoms with van der Waals surface area (Å²) in [5.41, 5.74) is 1.20. The molecule has 1 aliphatic heterocycles. The van der Waals surface area contributed by atoms with Crippen molar-refractivity contribution in [2.45, 2.75) is 19.1 Å². The van der Waals surface area contributed by atoms with Crippen molar-refractivity contribution in [1.82, 2.24) is 14.8 Å². The summed E-state index contributed by atoms with van der Waals surface area (Å²) < 4.78 is 5.89. The number of hydrogen-bond donors (Lipinski definition) is 0. The number of rotatable bonds is 6. The lowest BCUT2D eigenvalue weighted by atomic mass is 10.2. The third-order valence-electron chi connectivity index (χ3n) is 4.07. The van der Waals surface area contributed by atoms with Crippen LogP contribution in [0.1, 0.15) is 11.3 Å². The molecule has 23 heavy (non-hydrogen) atoms. The Bertz CT molecular complexity index is 599. The summed E-state index contributed by atoms with van der Waals surface area (Å²) in [6, 6.07) is 10.4. The number of morpholine rings is 1. The number of thiazole rings is 1. The van der Waals surface area contributed by atoms with E-state index in [9.17, 15) is 0 Å². The Morgan fingerprint density at radius 2 is 2.13 bits per heavy atom. The number of ether oxygens (including phenoxy) is 1. The van der Waals surface area contributed by atoms with Gasteiger partial charge < -0.3 is 9.64 Å². The summed E-state index contributed by atoms with van der Waals surface area (Å²) in [5, 5.41) is 1.11. The molecule has 0 bridgehead atoms. The zero-order valence-electron chi connectivity index (χ0n) is 13.9. The van der Waals surface area contributed by atoms with Crippen molar-refractivity contribution in [2.75, 3.05) is 40.3 Å². The molecular weight excluding hydrogens is 306 g/mol. The van der Waals surface area contributed by atoms with E-state index in [1.807, 2.05) is 12.3 Å². The first-order valence-corrected chi connectivity index (χ1v) is 9.01. The van der Waals surface area contributed by atoms with Crippen molar-refractivity contribution >= 4 is 11.3 Å². The lowest BCUT2D eigenvalue weighted by Crippen LogP contribution is -2.42. The van der Waals surface area contributed by atoms with Gasteiger partial charge in [-0.25, -0.2) is 4.98 Å². The van der Waals surface area contributed by atoms with Crippen LogP contribution in [0.3, 0.4) is 0 Å². The second-order valence-electron chi connectivity index (χ2n) is 6.32. The molecule has 0 radical (unpaired) electrons. The van der Waals surface area contributed by atoms with E-state index in [4.69, 9.17) is 4.74 Å². The van der Waals surface area contributed by atoms with E-state index in [1.165, 1.54) is 10.4 Å². The normalized spacial score (nSPS) is 19.3. The van der Waals surface area contributed by atoms with Crippen molar-refractivity contribution in [1.29, 1.82) is 0 Å². The van der Waals surface area contributed by atoms with Crippen molar-refractivity contribution in [2.24, 2.45) is 0 Å². The van der Waals surface area contributed by atoms with E-state index >= 15 is 0 Å². The summed E-state index contributed by atoms with van der Waals surface area (Å²) in [6.45, 7) is 4.93. The van der Waals surface area contributed by atoms with Crippen LogP contribution in [0, 0.1) is 0 Å². The molecule has 0 spiro atoms. The molecule has 0 unspecified atom stereocenters. The van der Waals surface area contributed by atoms with Gasteiger partial charge in [0, 0.05) is 42.8 Å². The van der Waals surface area contributed by atoms with Gasteiger partial charge in [-0.05, 0) is 20.5 Å². The predicted molar refractivity (Wildman–Crippen MR) is 95.7 cm³/mol. The van der Waals surface area contributed by atoms with Gasteiger partial charge >= 0.3 is 0 Å². The number of nitrogens with zero attached hydrogens (tertiary/aromatic N) is 3. The largest absolute Gasteiger partial charge is 0.376 e. The number of aromatic nitrogens is 1. The van der Waals surface area contributed by atoms with E-state index in [2.05, 4.69) is 53.1 Å². The molecule has 3 rings (SSSR count). The third kappa shape index (κ3) is 4.85. The lowest BCUT2D eigenvalue weighted by Gasteiger charge is -2.33. The van der Waals surface area contributed by atoms with Gasteiger partial charge in [-0.1, -0.05) is 30.3 Å². The summed E-state index contributed by atoms with van der Waals surface area (Å²) in [7, 11) is 4.23. The van der Waals surface area contributed by atoms with E-state index in [0.29, 0.717) is 6.10 Å². The summed E-state index contributed by atoms with van der Waals surface area (Å²) in [6.07, 6.45) is 3.48. The SMILES string of the molecule is CN(C)CC[C@@H]1CN(Cc2cnc(-c3ccccc3)s2)CCO1. The average molecular weight is 331 g/mol. The zero-order valence-corrected chi connectivity index (χ0v) is 14.8. The van der Waals surface area contributed by atoms with Crippen LogP contribution in [0.25, 0.3) is 10.6 Å². The van der Waals surface area contributed by atoms with Crippen molar-refractivity contribution in [3.8, 4) is 10.6 Å². The molecule has 1 aliphatic rings. The topological polar surface area (TPSA) is 28.6 Å². The van der Waals surface area contributed by atoms with Gasteiger partial charge in [-0.15, -0.1) is 11.3 Å². The fourth-order valence-electron chi connectivity index (χ4n) is 2.82. The fraction of sp³-hybridized carbons (Fsp3) is 0.500. The van der Waals surface area contributed by atoms with Gasteiger partial charge in [0.1, 0.15) is 5.01 Å². The molecule has 0 saturated carbocycles. The molecule has 2 heterocycles. The highest BCUT2D eigenvalue weighted by atomic mass is 32.1. The molecule has 5 heteroatoms. The third-order valence-corrected chi connectivity index (χ3v) is 5.11. The quantitative estimate of drug-likeness (QED) is 0.814. The number of hydrogen-bond acceptors (Lipinski definition) is 5. The molecule has 2 aromatic rings. The molecular formula is C18H25N3OS. The van der Waals surface area contributed by atoms with Gasteiger partial charge in [0.05, 0.1) is 12.7 Å². The minimum Gasteiger partial charge on any atom is -0.376 e. The van der Waals surface area contributed by atoms with Crippen LogP contribution in [0.2, 0.25) is 0 Å². The Morgan fingerprint density at radius 1 is 1.30 bits per heavy atom. The van der Waals surface area contributed by atoms with Crippen LogP contribution in [0.5, 0.6) is 0 Å². The van der Waals surface area contributed by atoms with Crippen molar-refractivity contribution in [3.63, 3.8) is 0 Å². The number of benzene rings is 1. The van der Waals surface area contributed by atoms with Gasteiger partial charge in [0.2, 0.25) is 0 Å². The van der Waals surface area contributed by atoms with E-state index in [-0.39, 0.29) is 0 Å². The fourth-order valence-corrected chi connectivity index (χ4v) is 3.78. The highest BCUT2D eigenvalue weighted by molar-refractivity contribution is 7.15. The second-order valence-corrected chi connectivity index (χ2v) is 7.43. The van der Waals surface area contributed by atoms with E-state index in [0.717, 1.165) is 44.2 Å². The maximum atomic E-state index is 5.89. The molecule has 0 aliphatic carbocycles. The van der Waals surface area contributed by atoms with E-state index < -0.39 is 0 Å². The van der Waals surface area contributed by atoms with Crippen LogP contribution in [-0.2, 0) is 11.3 Å². The Hall–Kier alpha value is -1.27. The highest BCUT2D eigenvalue weighted by Gasteiger charge is 2.21. The molecule has 1 aromatic carbocycles. The van der Waals surface area contributed by atoms with Crippen LogP contribution in [-0.4, -0.2) is 61.2 Å². The summed E-state index contributed by atoms with van der Waals surface area (Å²) >= 11 is 1.80. The maximum Gasteiger partial charge on any atom is 0.123 e. The van der Waals surface area contributed by atoms with Crippen LogP contribution < -0.4 is 0 Å². The Kier molecular flexibility index (Phi) is 5.78. The van der Waals surface area contributed by atoms with Crippen molar-refractivity contribution in [3.05, 3.63) is 41.4 Å². The molecule has 1 saturated heterocycles. The molecule has 1 aromatic heterocycles.